The van der Waals surface area contributed by atoms with E-state index in [1.165, 1.54) is 12.1 Å². The van der Waals surface area contributed by atoms with Crippen LogP contribution in [-0.4, -0.2) is 7.85 Å². The lowest BCUT2D eigenvalue weighted by Gasteiger charge is -1.94. The zero-order chi connectivity index (χ0) is 7.56. The molecule has 46 valence electrons. The van der Waals surface area contributed by atoms with Gasteiger partial charge in [0.25, 0.3) is 0 Å². The molecule has 0 aliphatic heterocycles. The third-order valence-corrected chi connectivity index (χ3v) is 1.14. The molecule has 0 aliphatic rings. The molecule has 1 nitrogen and oxygen atoms in total. The summed E-state index contributed by atoms with van der Waals surface area (Å²) in [5, 5.41) is 8.35. The number of nitriles is 1. The van der Waals surface area contributed by atoms with E-state index in [-0.39, 0.29) is 5.56 Å². The van der Waals surface area contributed by atoms with Crippen LogP contribution in [0.4, 0.5) is 4.39 Å². The molecule has 1 aromatic carbocycles. The summed E-state index contributed by atoms with van der Waals surface area (Å²) >= 11 is 0. The number of hydrogen-bond acceptors (Lipinski definition) is 1. The highest BCUT2D eigenvalue weighted by Gasteiger charge is 1.96. The highest BCUT2D eigenvalue weighted by Crippen LogP contribution is 1.97. The predicted octanol–water partition coefficient (Wildman–Crippen LogP) is 0.491. The highest BCUT2D eigenvalue weighted by molar-refractivity contribution is 6.33. The van der Waals surface area contributed by atoms with E-state index >= 15 is 0 Å². The van der Waals surface area contributed by atoms with Crippen molar-refractivity contribution in [1.29, 1.82) is 5.26 Å². The first-order valence-corrected chi connectivity index (χ1v) is 2.69. The molecular formula is C7H3BFN. The first-order chi connectivity index (χ1) is 4.74. The molecule has 1 aromatic rings. The normalized spacial score (nSPS) is 8.80. The second kappa shape index (κ2) is 2.53. The Morgan fingerprint density at radius 2 is 2.20 bits per heavy atom. The van der Waals surface area contributed by atoms with Crippen molar-refractivity contribution < 1.29 is 4.39 Å². The Morgan fingerprint density at radius 1 is 1.50 bits per heavy atom. The third kappa shape index (κ3) is 1.16. The van der Waals surface area contributed by atoms with Crippen LogP contribution in [0, 0.1) is 17.1 Å². The van der Waals surface area contributed by atoms with Crippen LogP contribution in [0.5, 0.6) is 0 Å². The average Bonchev–Trinajstić information content (AvgIpc) is 1.94. The monoisotopic (exact) mass is 131 g/mol. The molecule has 0 fully saturated rings. The number of benzene rings is 1. The van der Waals surface area contributed by atoms with Gasteiger partial charge in [-0.05, 0) is 12.1 Å². The van der Waals surface area contributed by atoms with E-state index < -0.39 is 5.82 Å². The molecule has 1 rings (SSSR count). The lowest BCUT2D eigenvalue weighted by Crippen LogP contribution is -2.06. The second-order valence-electron chi connectivity index (χ2n) is 1.84. The number of rotatable bonds is 0. The van der Waals surface area contributed by atoms with Crippen molar-refractivity contribution >= 4 is 13.3 Å². The fourth-order valence-electron chi connectivity index (χ4n) is 0.625. The van der Waals surface area contributed by atoms with E-state index in [2.05, 4.69) is 0 Å². The molecule has 0 amide bonds. The number of halogens is 1. The highest BCUT2D eigenvalue weighted by atomic mass is 19.1. The Hall–Kier alpha value is -1.30. The molecule has 10 heavy (non-hydrogen) atoms. The maximum atomic E-state index is 12.3. The molecule has 0 aromatic heterocycles. The van der Waals surface area contributed by atoms with Crippen LogP contribution in [0.3, 0.4) is 0 Å². The van der Waals surface area contributed by atoms with Crippen molar-refractivity contribution in [2.24, 2.45) is 0 Å². The first-order valence-electron chi connectivity index (χ1n) is 2.69. The van der Waals surface area contributed by atoms with E-state index in [4.69, 9.17) is 13.1 Å². The van der Waals surface area contributed by atoms with Crippen molar-refractivity contribution in [2.45, 2.75) is 0 Å². The van der Waals surface area contributed by atoms with E-state index in [9.17, 15) is 4.39 Å². The quantitative estimate of drug-likeness (QED) is 0.470. The molecule has 0 aliphatic carbocycles. The Labute approximate surface area is 59.5 Å². The van der Waals surface area contributed by atoms with Crippen LogP contribution in [0.1, 0.15) is 5.56 Å². The summed E-state index contributed by atoms with van der Waals surface area (Å²) in [6.45, 7) is 0. The molecule has 0 spiro atoms. The lowest BCUT2D eigenvalue weighted by atomic mass is 9.91. The summed E-state index contributed by atoms with van der Waals surface area (Å²) in [7, 11) is 5.31. The predicted molar refractivity (Wildman–Crippen MR) is 36.5 cm³/mol. The van der Waals surface area contributed by atoms with Crippen LogP contribution in [0.25, 0.3) is 0 Å². The maximum Gasteiger partial charge on any atom is 0.124 e. The maximum absolute atomic E-state index is 12.3. The standard InChI is InChI=1S/C7H3BFN/c8-7-2-1-6(9)3-5(7)4-10/h1-3H. The zero-order valence-electron chi connectivity index (χ0n) is 5.13. The minimum Gasteiger partial charge on any atom is -0.207 e. The van der Waals surface area contributed by atoms with E-state index in [0.29, 0.717) is 5.46 Å². The molecule has 0 heterocycles. The summed E-state index contributed by atoms with van der Waals surface area (Å²) in [6, 6.07) is 5.46. The summed E-state index contributed by atoms with van der Waals surface area (Å²) in [6.07, 6.45) is 0. The summed E-state index contributed by atoms with van der Waals surface area (Å²) in [5.74, 6) is -0.439. The fourth-order valence-corrected chi connectivity index (χ4v) is 0.625. The average molecular weight is 131 g/mol. The Morgan fingerprint density at radius 3 is 2.70 bits per heavy atom. The topological polar surface area (TPSA) is 23.8 Å². The molecule has 0 N–H and O–H groups in total. The van der Waals surface area contributed by atoms with Gasteiger partial charge in [-0.3, -0.25) is 0 Å². The van der Waals surface area contributed by atoms with Gasteiger partial charge >= 0.3 is 0 Å². The summed E-state index contributed by atoms with van der Waals surface area (Å²) in [4.78, 5) is 0. The van der Waals surface area contributed by atoms with Gasteiger partial charge in [-0.25, -0.2) is 4.39 Å². The van der Waals surface area contributed by atoms with Gasteiger partial charge in [-0.2, -0.15) is 5.26 Å². The summed E-state index contributed by atoms with van der Waals surface area (Å²) in [5.41, 5.74) is 0.490. The smallest absolute Gasteiger partial charge is 0.124 e. The Balaban J connectivity index is 3.25. The molecule has 2 radical (unpaired) electrons. The number of hydrogen-bond donors (Lipinski definition) is 0. The number of nitrogens with zero attached hydrogens (tertiary/aromatic N) is 1. The second-order valence-corrected chi connectivity index (χ2v) is 1.84. The van der Waals surface area contributed by atoms with E-state index in [1.54, 1.807) is 6.07 Å². The van der Waals surface area contributed by atoms with Gasteiger partial charge in [0.1, 0.15) is 13.7 Å². The van der Waals surface area contributed by atoms with Crippen molar-refractivity contribution in [1.82, 2.24) is 0 Å². The van der Waals surface area contributed by atoms with Gasteiger partial charge in [-0.1, -0.05) is 11.5 Å². The van der Waals surface area contributed by atoms with Gasteiger partial charge in [0, 0.05) is 5.56 Å². The van der Waals surface area contributed by atoms with E-state index in [0.717, 1.165) is 6.07 Å². The molecule has 0 bridgehead atoms. The molecule has 0 saturated carbocycles. The van der Waals surface area contributed by atoms with Gasteiger partial charge in [-0.15, -0.1) is 0 Å². The molecule has 0 saturated heterocycles. The van der Waals surface area contributed by atoms with Crippen molar-refractivity contribution in [3.8, 4) is 6.07 Å². The Bertz CT molecular complexity index is 290. The molecule has 0 atom stereocenters. The largest absolute Gasteiger partial charge is 0.207 e. The lowest BCUT2D eigenvalue weighted by molar-refractivity contribution is 0.628. The first kappa shape index (κ1) is 6.82. The van der Waals surface area contributed by atoms with Crippen LogP contribution >= 0.6 is 0 Å². The third-order valence-electron chi connectivity index (χ3n) is 1.14. The molecule has 0 unspecified atom stereocenters. The minimum absolute atomic E-state index is 0.181. The SMILES string of the molecule is [B]c1ccc(F)cc1C#N. The van der Waals surface area contributed by atoms with Gasteiger partial charge in [0.05, 0.1) is 6.07 Å². The molecular weight excluding hydrogens is 128 g/mol. The van der Waals surface area contributed by atoms with Crippen LogP contribution in [0.15, 0.2) is 18.2 Å². The zero-order valence-corrected chi connectivity index (χ0v) is 5.13. The van der Waals surface area contributed by atoms with Crippen LogP contribution < -0.4 is 5.46 Å². The van der Waals surface area contributed by atoms with Gasteiger partial charge in [0.15, 0.2) is 0 Å². The van der Waals surface area contributed by atoms with Crippen LogP contribution in [0.2, 0.25) is 0 Å². The Kier molecular flexibility index (Phi) is 1.72. The van der Waals surface area contributed by atoms with Gasteiger partial charge < -0.3 is 0 Å². The van der Waals surface area contributed by atoms with Crippen LogP contribution in [-0.2, 0) is 0 Å². The van der Waals surface area contributed by atoms with Crippen molar-refractivity contribution in [3.63, 3.8) is 0 Å². The summed E-state index contributed by atoms with van der Waals surface area (Å²) < 4.78 is 12.3. The molecule has 3 heteroatoms. The van der Waals surface area contributed by atoms with Crippen molar-refractivity contribution in [2.75, 3.05) is 0 Å². The fraction of sp³-hybridized carbons (Fsp3) is 0. The minimum atomic E-state index is -0.439. The van der Waals surface area contributed by atoms with E-state index in [1.807, 2.05) is 0 Å². The van der Waals surface area contributed by atoms with Gasteiger partial charge in [0.2, 0.25) is 0 Å². The van der Waals surface area contributed by atoms with Crippen molar-refractivity contribution in [3.05, 3.63) is 29.6 Å².